The maximum Gasteiger partial charge on any atom is 0.341 e. The summed E-state index contributed by atoms with van der Waals surface area (Å²) in [5.74, 6) is -1.80. The maximum absolute atomic E-state index is 12.4. The van der Waals surface area contributed by atoms with Crippen LogP contribution in [0.5, 0.6) is 0 Å². The summed E-state index contributed by atoms with van der Waals surface area (Å²) in [7, 11) is 2.43. The molecule has 6 heteroatoms. The van der Waals surface area contributed by atoms with E-state index in [1.165, 1.54) is 21.1 Å². The number of methoxy groups -OCH3 is 2. The van der Waals surface area contributed by atoms with E-state index in [1.807, 2.05) is 30.3 Å². The second kappa shape index (κ2) is 5.81. The quantitative estimate of drug-likeness (QED) is 0.547. The predicted octanol–water partition coefficient (Wildman–Crippen LogP) is 2.87. The van der Waals surface area contributed by atoms with E-state index < -0.39 is 11.9 Å². The number of Topliss-reactive ketones (excluding diaryl/α,β-unsaturated/α-hetero) is 1. The molecule has 2 heterocycles. The minimum atomic E-state index is -0.756. The number of hydrogen-bond donors (Lipinski definition) is 0. The lowest BCUT2D eigenvalue weighted by atomic mass is 10.0. The molecule has 6 nitrogen and oxygen atoms in total. The molecule has 0 aliphatic rings. The maximum atomic E-state index is 12.4. The lowest BCUT2D eigenvalue weighted by molar-refractivity contribution is 0.0556. The molecule has 2 aromatic heterocycles. The molecule has 1 aromatic carbocycles. The molecule has 0 amide bonds. The lowest BCUT2D eigenvalue weighted by Crippen LogP contribution is -2.13. The van der Waals surface area contributed by atoms with E-state index in [0.717, 1.165) is 10.8 Å². The normalized spacial score (nSPS) is 10.8. The third-order valence-electron chi connectivity index (χ3n) is 3.94. The molecular formula is C18H15NO5. The third kappa shape index (κ3) is 2.15. The Labute approximate surface area is 137 Å². The highest BCUT2D eigenvalue weighted by molar-refractivity contribution is 6.19. The van der Waals surface area contributed by atoms with Crippen LogP contribution in [-0.2, 0) is 9.47 Å². The van der Waals surface area contributed by atoms with Gasteiger partial charge in [0.25, 0.3) is 0 Å². The number of carbonyl (C=O) groups excluding carboxylic acids is 3. The SMILES string of the molecule is COC(=O)c1c(C(=O)OC)c2c3ccccc3ccn2c1C(C)=O. The molecule has 0 N–H and O–H groups in total. The number of hydrogen-bond acceptors (Lipinski definition) is 5. The van der Waals surface area contributed by atoms with Crippen molar-refractivity contribution in [2.45, 2.75) is 6.92 Å². The summed E-state index contributed by atoms with van der Waals surface area (Å²) in [6, 6.07) is 9.21. The van der Waals surface area contributed by atoms with Crippen LogP contribution in [0.3, 0.4) is 0 Å². The molecule has 0 aliphatic carbocycles. The topological polar surface area (TPSA) is 74.1 Å². The second-order valence-corrected chi connectivity index (χ2v) is 5.26. The van der Waals surface area contributed by atoms with E-state index in [-0.39, 0.29) is 22.6 Å². The van der Waals surface area contributed by atoms with E-state index in [9.17, 15) is 14.4 Å². The predicted molar refractivity (Wildman–Crippen MR) is 87.6 cm³/mol. The Bertz CT molecular complexity index is 999. The van der Waals surface area contributed by atoms with E-state index in [2.05, 4.69) is 0 Å². The van der Waals surface area contributed by atoms with Crippen molar-refractivity contribution in [1.29, 1.82) is 0 Å². The highest BCUT2D eigenvalue weighted by Crippen LogP contribution is 2.31. The molecule has 0 bridgehead atoms. The van der Waals surface area contributed by atoms with Gasteiger partial charge in [0.15, 0.2) is 5.78 Å². The summed E-state index contributed by atoms with van der Waals surface area (Å²) < 4.78 is 11.2. The molecule has 0 aliphatic heterocycles. The molecule has 24 heavy (non-hydrogen) atoms. The number of benzene rings is 1. The lowest BCUT2D eigenvalue weighted by Gasteiger charge is -2.05. The molecule has 0 fully saturated rings. The van der Waals surface area contributed by atoms with Gasteiger partial charge in [0.2, 0.25) is 0 Å². The number of carbonyl (C=O) groups is 3. The minimum Gasteiger partial charge on any atom is -0.465 e. The van der Waals surface area contributed by atoms with E-state index >= 15 is 0 Å². The summed E-state index contributed by atoms with van der Waals surface area (Å²) in [5.41, 5.74) is 0.508. The van der Waals surface area contributed by atoms with Crippen molar-refractivity contribution in [2.75, 3.05) is 14.2 Å². The van der Waals surface area contributed by atoms with Gasteiger partial charge in [0.05, 0.1) is 19.7 Å². The fraction of sp³-hybridized carbons (Fsp3) is 0.167. The van der Waals surface area contributed by atoms with E-state index in [0.29, 0.717) is 5.52 Å². The number of nitrogens with zero attached hydrogens (tertiary/aromatic N) is 1. The van der Waals surface area contributed by atoms with Gasteiger partial charge < -0.3 is 13.9 Å². The van der Waals surface area contributed by atoms with E-state index in [4.69, 9.17) is 9.47 Å². The highest BCUT2D eigenvalue weighted by atomic mass is 16.5. The molecule has 3 aromatic rings. The van der Waals surface area contributed by atoms with Crippen molar-refractivity contribution in [2.24, 2.45) is 0 Å². The van der Waals surface area contributed by atoms with Gasteiger partial charge in [0, 0.05) is 18.5 Å². The fourth-order valence-corrected chi connectivity index (χ4v) is 2.96. The van der Waals surface area contributed by atoms with Crippen molar-refractivity contribution in [1.82, 2.24) is 4.40 Å². The van der Waals surface area contributed by atoms with Gasteiger partial charge >= 0.3 is 11.9 Å². The van der Waals surface area contributed by atoms with Gasteiger partial charge in [-0.3, -0.25) is 4.79 Å². The Kier molecular flexibility index (Phi) is 3.81. The van der Waals surface area contributed by atoms with Crippen molar-refractivity contribution in [3.8, 4) is 0 Å². The number of esters is 2. The standard InChI is InChI=1S/C18H15NO5/c1-10(20)15-13(17(21)23-2)14(18(22)24-3)16-12-7-5-4-6-11(12)8-9-19(15)16/h4-9H,1-3H3. The third-order valence-corrected chi connectivity index (χ3v) is 3.94. The van der Waals surface area contributed by atoms with Crippen molar-refractivity contribution < 1.29 is 23.9 Å². The van der Waals surface area contributed by atoms with Crippen LogP contribution in [0.4, 0.5) is 0 Å². The number of pyridine rings is 1. The molecular weight excluding hydrogens is 310 g/mol. The summed E-state index contributed by atoms with van der Waals surface area (Å²) in [4.78, 5) is 36.9. The van der Waals surface area contributed by atoms with Gasteiger partial charge in [0.1, 0.15) is 16.8 Å². The zero-order valence-corrected chi connectivity index (χ0v) is 13.5. The average Bonchev–Trinajstić information content (AvgIpc) is 2.96. The van der Waals surface area contributed by atoms with E-state index in [1.54, 1.807) is 10.6 Å². The Morgan fingerprint density at radius 1 is 0.917 bits per heavy atom. The molecule has 0 unspecified atom stereocenters. The smallest absolute Gasteiger partial charge is 0.341 e. The Morgan fingerprint density at radius 3 is 2.17 bits per heavy atom. The summed E-state index contributed by atoms with van der Waals surface area (Å²) in [5, 5.41) is 1.61. The number of fused-ring (bicyclic) bond motifs is 3. The first-order valence-corrected chi connectivity index (χ1v) is 7.24. The molecule has 3 rings (SSSR count). The highest BCUT2D eigenvalue weighted by Gasteiger charge is 2.32. The monoisotopic (exact) mass is 325 g/mol. The van der Waals surface area contributed by atoms with Crippen LogP contribution in [0.2, 0.25) is 0 Å². The molecule has 122 valence electrons. The summed E-state index contributed by atoms with van der Waals surface area (Å²) >= 11 is 0. The Hall–Kier alpha value is -3.15. The Balaban J connectivity index is 2.62. The average molecular weight is 325 g/mol. The largest absolute Gasteiger partial charge is 0.465 e. The van der Waals surface area contributed by atoms with Crippen LogP contribution in [0.25, 0.3) is 16.3 Å². The van der Waals surface area contributed by atoms with Crippen LogP contribution in [0.15, 0.2) is 36.5 Å². The zero-order valence-electron chi connectivity index (χ0n) is 13.5. The van der Waals surface area contributed by atoms with Gasteiger partial charge in [-0.05, 0) is 11.5 Å². The summed E-state index contributed by atoms with van der Waals surface area (Å²) in [6.07, 6.45) is 1.66. The van der Waals surface area contributed by atoms with Crippen molar-refractivity contribution in [3.63, 3.8) is 0 Å². The van der Waals surface area contributed by atoms with Gasteiger partial charge in [-0.15, -0.1) is 0 Å². The number of ketones is 1. The zero-order chi connectivity index (χ0) is 17.4. The van der Waals surface area contributed by atoms with Crippen LogP contribution in [0.1, 0.15) is 38.1 Å². The van der Waals surface area contributed by atoms with Crippen LogP contribution < -0.4 is 0 Å². The van der Waals surface area contributed by atoms with Crippen molar-refractivity contribution >= 4 is 34.0 Å². The first-order valence-electron chi connectivity index (χ1n) is 7.24. The number of rotatable bonds is 3. The first-order chi connectivity index (χ1) is 11.5. The molecule has 0 atom stereocenters. The van der Waals surface area contributed by atoms with Gasteiger partial charge in [-0.2, -0.15) is 0 Å². The second-order valence-electron chi connectivity index (χ2n) is 5.26. The molecule has 0 radical (unpaired) electrons. The van der Waals surface area contributed by atoms with Gasteiger partial charge in [-0.1, -0.05) is 24.3 Å². The van der Waals surface area contributed by atoms with Crippen LogP contribution in [0, 0.1) is 0 Å². The van der Waals surface area contributed by atoms with Crippen molar-refractivity contribution in [3.05, 3.63) is 53.3 Å². The fourth-order valence-electron chi connectivity index (χ4n) is 2.96. The molecule has 0 saturated carbocycles. The minimum absolute atomic E-state index is 0.0337. The first kappa shape index (κ1) is 15.7. The molecule has 0 spiro atoms. The summed E-state index contributed by atoms with van der Waals surface area (Å²) in [6.45, 7) is 1.34. The van der Waals surface area contributed by atoms with Gasteiger partial charge in [-0.25, -0.2) is 9.59 Å². The van der Waals surface area contributed by atoms with Crippen LogP contribution >= 0.6 is 0 Å². The number of ether oxygens (including phenoxy) is 2. The molecule has 0 saturated heterocycles. The Morgan fingerprint density at radius 2 is 1.54 bits per heavy atom. The number of aromatic nitrogens is 1. The van der Waals surface area contributed by atoms with Crippen LogP contribution in [-0.4, -0.2) is 36.3 Å².